The Morgan fingerprint density at radius 1 is 1.37 bits per heavy atom. The number of hydrogen-bond donors (Lipinski definition) is 2. The van der Waals surface area contributed by atoms with Gasteiger partial charge in [-0.3, -0.25) is 0 Å². The van der Waals surface area contributed by atoms with Crippen molar-refractivity contribution in [3.8, 4) is 0 Å². The van der Waals surface area contributed by atoms with E-state index >= 15 is 0 Å². The molecule has 0 amide bonds. The van der Waals surface area contributed by atoms with Gasteiger partial charge in [0.2, 0.25) is 0 Å². The Morgan fingerprint density at radius 2 is 2.05 bits per heavy atom. The summed E-state index contributed by atoms with van der Waals surface area (Å²) in [5, 5.41) is 10.9. The molecule has 1 saturated carbocycles. The molecule has 2 fully saturated rings. The fourth-order valence-corrected chi connectivity index (χ4v) is 3.37. The van der Waals surface area contributed by atoms with Crippen LogP contribution in [0.1, 0.15) is 46.5 Å². The fourth-order valence-electron chi connectivity index (χ4n) is 3.37. The molecule has 2 aliphatic rings. The first-order chi connectivity index (χ1) is 8.83. The van der Waals surface area contributed by atoms with Crippen LogP contribution in [0, 0.1) is 0 Å². The van der Waals surface area contributed by atoms with E-state index < -0.39 is 11.4 Å². The van der Waals surface area contributed by atoms with Crippen molar-refractivity contribution < 1.29 is 19.3 Å². The number of aliphatic hydroxyl groups is 1. The standard InChI is InChI=1S/C14H27NO4/c1-5-6-7-14(16)8-9(15)10(17-4)11-12(14)19-13(2,3)18-11/h9-12,16H,5-8,15H2,1-4H3. The number of unbranched alkanes of at least 4 members (excludes halogenated alkanes) is 1. The second kappa shape index (κ2) is 5.30. The highest BCUT2D eigenvalue weighted by molar-refractivity contribution is 5.08. The number of fused-ring (bicyclic) bond motifs is 1. The highest BCUT2D eigenvalue weighted by Crippen LogP contribution is 2.44. The molecule has 0 spiro atoms. The van der Waals surface area contributed by atoms with Crippen molar-refractivity contribution in [1.82, 2.24) is 0 Å². The van der Waals surface area contributed by atoms with Crippen molar-refractivity contribution in [2.45, 2.75) is 82.2 Å². The lowest BCUT2D eigenvalue weighted by molar-refractivity contribution is -0.174. The molecule has 2 rings (SSSR count). The van der Waals surface area contributed by atoms with E-state index in [1.165, 1.54) is 0 Å². The SMILES string of the molecule is CCCCC1(O)CC(N)C(OC)C2OC(C)(C)OC21. The summed E-state index contributed by atoms with van der Waals surface area (Å²) >= 11 is 0. The quantitative estimate of drug-likeness (QED) is 0.804. The van der Waals surface area contributed by atoms with Crippen LogP contribution in [0.2, 0.25) is 0 Å². The molecule has 0 aromatic heterocycles. The topological polar surface area (TPSA) is 73.9 Å². The zero-order chi connectivity index (χ0) is 14.3. The van der Waals surface area contributed by atoms with Gasteiger partial charge in [-0.25, -0.2) is 0 Å². The van der Waals surface area contributed by atoms with Crippen LogP contribution in [-0.4, -0.2) is 48.0 Å². The van der Waals surface area contributed by atoms with Gasteiger partial charge >= 0.3 is 0 Å². The lowest BCUT2D eigenvalue weighted by Crippen LogP contribution is -2.64. The van der Waals surface area contributed by atoms with E-state index in [0.717, 1.165) is 12.8 Å². The predicted octanol–water partition coefficient (Wildman–Crippen LogP) is 1.17. The molecule has 5 unspecified atom stereocenters. The Morgan fingerprint density at radius 3 is 2.63 bits per heavy atom. The molecule has 3 N–H and O–H groups in total. The second-order valence-corrected chi connectivity index (χ2v) is 6.30. The van der Waals surface area contributed by atoms with Crippen LogP contribution < -0.4 is 5.73 Å². The zero-order valence-corrected chi connectivity index (χ0v) is 12.4. The van der Waals surface area contributed by atoms with Gasteiger partial charge in [-0.05, 0) is 26.7 Å². The smallest absolute Gasteiger partial charge is 0.164 e. The summed E-state index contributed by atoms with van der Waals surface area (Å²) in [5.41, 5.74) is 5.25. The van der Waals surface area contributed by atoms with Crippen molar-refractivity contribution in [3.05, 3.63) is 0 Å². The van der Waals surface area contributed by atoms with Crippen LogP contribution in [-0.2, 0) is 14.2 Å². The molecule has 0 radical (unpaired) electrons. The van der Waals surface area contributed by atoms with Crippen LogP contribution in [0.4, 0.5) is 0 Å². The molecule has 0 aromatic rings. The Balaban J connectivity index is 2.23. The molecule has 112 valence electrons. The molecular formula is C14H27NO4. The normalized spacial score (nSPS) is 45.2. The average Bonchev–Trinajstić information content (AvgIpc) is 2.64. The van der Waals surface area contributed by atoms with E-state index in [4.69, 9.17) is 19.9 Å². The number of rotatable bonds is 4. The predicted molar refractivity (Wildman–Crippen MR) is 71.7 cm³/mol. The molecule has 1 saturated heterocycles. The maximum absolute atomic E-state index is 10.9. The molecular weight excluding hydrogens is 246 g/mol. The van der Waals surface area contributed by atoms with Gasteiger partial charge in [0, 0.05) is 13.2 Å². The average molecular weight is 273 g/mol. The lowest BCUT2D eigenvalue weighted by Gasteiger charge is -2.45. The van der Waals surface area contributed by atoms with Crippen LogP contribution in [0.15, 0.2) is 0 Å². The van der Waals surface area contributed by atoms with Crippen LogP contribution >= 0.6 is 0 Å². The monoisotopic (exact) mass is 273 g/mol. The van der Waals surface area contributed by atoms with Gasteiger partial charge < -0.3 is 25.1 Å². The number of ether oxygens (including phenoxy) is 3. The molecule has 5 nitrogen and oxygen atoms in total. The summed E-state index contributed by atoms with van der Waals surface area (Å²) in [7, 11) is 1.63. The molecule has 19 heavy (non-hydrogen) atoms. The van der Waals surface area contributed by atoms with Crippen molar-refractivity contribution >= 4 is 0 Å². The van der Waals surface area contributed by atoms with E-state index in [0.29, 0.717) is 12.8 Å². The largest absolute Gasteiger partial charge is 0.387 e. The zero-order valence-electron chi connectivity index (χ0n) is 12.4. The van der Waals surface area contributed by atoms with Crippen LogP contribution in [0.5, 0.6) is 0 Å². The van der Waals surface area contributed by atoms with Crippen molar-refractivity contribution in [2.75, 3.05) is 7.11 Å². The summed E-state index contributed by atoms with van der Waals surface area (Å²) in [6, 6.07) is -0.231. The first kappa shape index (κ1) is 15.2. The number of hydrogen-bond acceptors (Lipinski definition) is 5. The Labute approximate surface area is 115 Å². The van der Waals surface area contributed by atoms with Crippen LogP contribution in [0.25, 0.3) is 0 Å². The maximum atomic E-state index is 10.9. The summed E-state index contributed by atoms with van der Waals surface area (Å²) in [5.74, 6) is -0.698. The van der Waals surface area contributed by atoms with Gasteiger partial charge in [0.15, 0.2) is 5.79 Å². The Hall–Kier alpha value is -0.200. The first-order valence-corrected chi connectivity index (χ1v) is 7.19. The van der Waals surface area contributed by atoms with E-state index in [9.17, 15) is 5.11 Å². The minimum atomic E-state index is -0.914. The third kappa shape index (κ3) is 2.81. The number of nitrogens with two attached hydrogens (primary N) is 1. The lowest BCUT2D eigenvalue weighted by atomic mass is 9.74. The van der Waals surface area contributed by atoms with Gasteiger partial charge in [0.05, 0.1) is 5.60 Å². The van der Waals surface area contributed by atoms with Crippen molar-refractivity contribution in [3.63, 3.8) is 0 Å². The highest BCUT2D eigenvalue weighted by atomic mass is 16.8. The van der Waals surface area contributed by atoms with E-state index in [-0.39, 0.29) is 24.4 Å². The number of methoxy groups -OCH3 is 1. The van der Waals surface area contributed by atoms with Gasteiger partial charge in [-0.15, -0.1) is 0 Å². The molecule has 5 atom stereocenters. The first-order valence-electron chi connectivity index (χ1n) is 7.19. The second-order valence-electron chi connectivity index (χ2n) is 6.30. The third-order valence-corrected chi connectivity index (χ3v) is 4.23. The maximum Gasteiger partial charge on any atom is 0.164 e. The molecule has 5 heteroatoms. The van der Waals surface area contributed by atoms with Gasteiger partial charge in [0.25, 0.3) is 0 Å². The van der Waals surface area contributed by atoms with Gasteiger partial charge in [0.1, 0.15) is 18.3 Å². The summed E-state index contributed by atoms with van der Waals surface area (Å²) in [6.07, 6.45) is 2.28. The van der Waals surface area contributed by atoms with E-state index in [1.54, 1.807) is 7.11 Å². The molecule has 0 bridgehead atoms. The van der Waals surface area contributed by atoms with E-state index in [1.807, 2.05) is 13.8 Å². The Kier molecular flexibility index (Phi) is 4.23. The summed E-state index contributed by atoms with van der Waals surface area (Å²) < 4.78 is 17.3. The minimum Gasteiger partial charge on any atom is -0.387 e. The van der Waals surface area contributed by atoms with Crippen LogP contribution in [0.3, 0.4) is 0 Å². The molecule has 1 aliphatic heterocycles. The van der Waals surface area contributed by atoms with Crippen molar-refractivity contribution in [1.29, 1.82) is 0 Å². The van der Waals surface area contributed by atoms with E-state index in [2.05, 4.69) is 6.92 Å². The molecule has 1 aliphatic carbocycles. The summed E-state index contributed by atoms with van der Waals surface area (Å²) in [4.78, 5) is 0. The fraction of sp³-hybridized carbons (Fsp3) is 1.00. The third-order valence-electron chi connectivity index (χ3n) is 4.23. The van der Waals surface area contributed by atoms with Gasteiger partial charge in [-0.1, -0.05) is 19.8 Å². The Bertz CT molecular complexity index is 323. The summed E-state index contributed by atoms with van der Waals surface area (Å²) in [6.45, 7) is 5.84. The molecule has 1 heterocycles. The molecule has 0 aromatic carbocycles. The minimum absolute atomic E-state index is 0.228. The van der Waals surface area contributed by atoms with Gasteiger partial charge in [-0.2, -0.15) is 0 Å². The highest BCUT2D eigenvalue weighted by Gasteiger charge is 2.59. The van der Waals surface area contributed by atoms with Crippen molar-refractivity contribution in [2.24, 2.45) is 5.73 Å².